The standard InChI is InChI=1S/C17H28N2O/c1-5-19-10-6-7-15(12-19)14(3)18-17-9-8-16(20-4)11-13(17)2/h8-9,11,14-15,18H,5-7,10,12H2,1-4H3. The molecule has 0 saturated carbocycles. The zero-order valence-electron chi connectivity index (χ0n) is 13.3. The van der Waals surface area contributed by atoms with Crippen LogP contribution in [0.3, 0.4) is 0 Å². The third-order valence-corrected chi connectivity index (χ3v) is 4.51. The van der Waals surface area contributed by atoms with E-state index in [9.17, 15) is 0 Å². The molecule has 3 heteroatoms. The third-order valence-electron chi connectivity index (χ3n) is 4.51. The SMILES string of the molecule is CCN1CCCC(C(C)Nc2ccc(OC)cc2C)C1. The number of piperidine rings is 1. The van der Waals surface area contributed by atoms with E-state index in [-0.39, 0.29) is 0 Å². The number of nitrogens with one attached hydrogen (secondary N) is 1. The molecule has 2 atom stereocenters. The van der Waals surface area contributed by atoms with E-state index in [0.29, 0.717) is 6.04 Å². The quantitative estimate of drug-likeness (QED) is 0.890. The second kappa shape index (κ2) is 6.98. The van der Waals surface area contributed by atoms with Crippen molar-refractivity contribution in [3.05, 3.63) is 23.8 Å². The Bertz CT molecular complexity index is 433. The van der Waals surface area contributed by atoms with Crippen LogP contribution in [0.25, 0.3) is 0 Å². The van der Waals surface area contributed by atoms with Crippen LogP contribution in [0.4, 0.5) is 5.69 Å². The number of rotatable bonds is 5. The fourth-order valence-electron chi connectivity index (χ4n) is 3.07. The van der Waals surface area contributed by atoms with Crippen molar-refractivity contribution >= 4 is 5.69 Å². The van der Waals surface area contributed by atoms with E-state index >= 15 is 0 Å². The fourth-order valence-corrected chi connectivity index (χ4v) is 3.07. The van der Waals surface area contributed by atoms with E-state index in [4.69, 9.17) is 4.74 Å². The van der Waals surface area contributed by atoms with E-state index in [0.717, 1.165) is 11.7 Å². The first-order chi connectivity index (χ1) is 9.63. The van der Waals surface area contributed by atoms with Gasteiger partial charge >= 0.3 is 0 Å². The van der Waals surface area contributed by atoms with Crippen molar-refractivity contribution in [3.63, 3.8) is 0 Å². The predicted octanol–water partition coefficient (Wildman–Crippen LogP) is 3.54. The first-order valence-corrected chi connectivity index (χ1v) is 7.77. The molecule has 1 aromatic rings. The van der Waals surface area contributed by atoms with Gasteiger partial charge in [-0.3, -0.25) is 0 Å². The lowest BCUT2D eigenvalue weighted by atomic mass is 9.91. The monoisotopic (exact) mass is 276 g/mol. The Hall–Kier alpha value is -1.22. The van der Waals surface area contributed by atoms with Gasteiger partial charge < -0.3 is 15.0 Å². The molecular weight excluding hydrogens is 248 g/mol. The molecule has 0 aliphatic carbocycles. The van der Waals surface area contributed by atoms with Gasteiger partial charge in [0.25, 0.3) is 0 Å². The second-order valence-corrected chi connectivity index (χ2v) is 5.91. The summed E-state index contributed by atoms with van der Waals surface area (Å²) in [7, 11) is 1.71. The highest BCUT2D eigenvalue weighted by Gasteiger charge is 2.23. The molecule has 1 aliphatic rings. The number of methoxy groups -OCH3 is 1. The van der Waals surface area contributed by atoms with Crippen LogP contribution in [0.5, 0.6) is 5.75 Å². The number of anilines is 1. The zero-order valence-corrected chi connectivity index (χ0v) is 13.3. The highest BCUT2D eigenvalue weighted by molar-refractivity contribution is 5.54. The molecule has 0 amide bonds. The predicted molar refractivity (Wildman–Crippen MR) is 85.7 cm³/mol. The van der Waals surface area contributed by atoms with Gasteiger partial charge in [0.2, 0.25) is 0 Å². The number of hydrogen-bond acceptors (Lipinski definition) is 3. The van der Waals surface area contributed by atoms with Crippen molar-refractivity contribution in [2.45, 2.75) is 39.7 Å². The van der Waals surface area contributed by atoms with Gasteiger partial charge in [0.05, 0.1) is 7.11 Å². The minimum absolute atomic E-state index is 0.511. The fraction of sp³-hybridized carbons (Fsp3) is 0.647. The van der Waals surface area contributed by atoms with Gasteiger partial charge in [-0.05, 0) is 69.5 Å². The highest BCUT2D eigenvalue weighted by Crippen LogP contribution is 2.26. The average molecular weight is 276 g/mol. The number of hydrogen-bond donors (Lipinski definition) is 1. The van der Waals surface area contributed by atoms with Crippen LogP contribution in [-0.4, -0.2) is 37.7 Å². The lowest BCUT2D eigenvalue weighted by Gasteiger charge is -2.36. The Morgan fingerprint density at radius 1 is 1.45 bits per heavy atom. The van der Waals surface area contributed by atoms with Crippen molar-refractivity contribution in [1.29, 1.82) is 0 Å². The lowest BCUT2D eigenvalue weighted by Crippen LogP contribution is -2.41. The Morgan fingerprint density at radius 3 is 2.90 bits per heavy atom. The molecular formula is C17H28N2O. The number of aryl methyl sites for hydroxylation is 1. The number of ether oxygens (including phenoxy) is 1. The van der Waals surface area contributed by atoms with Crippen molar-refractivity contribution in [1.82, 2.24) is 4.90 Å². The van der Waals surface area contributed by atoms with Gasteiger partial charge in [0.15, 0.2) is 0 Å². The number of benzene rings is 1. The minimum Gasteiger partial charge on any atom is -0.497 e. The van der Waals surface area contributed by atoms with Gasteiger partial charge in [0, 0.05) is 18.3 Å². The van der Waals surface area contributed by atoms with Gasteiger partial charge in [-0.1, -0.05) is 6.92 Å². The molecule has 0 bridgehead atoms. The largest absolute Gasteiger partial charge is 0.497 e. The zero-order chi connectivity index (χ0) is 14.5. The summed E-state index contributed by atoms with van der Waals surface area (Å²) in [4.78, 5) is 2.56. The highest BCUT2D eigenvalue weighted by atomic mass is 16.5. The molecule has 0 spiro atoms. The molecule has 1 heterocycles. The molecule has 0 aromatic heterocycles. The summed E-state index contributed by atoms with van der Waals surface area (Å²) in [5.41, 5.74) is 2.48. The summed E-state index contributed by atoms with van der Waals surface area (Å²) < 4.78 is 5.27. The van der Waals surface area contributed by atoms with E-state index in [2.05, 4.69) is 43.1 Å². The van der Waals surface area contributed by atoms with Gasteiger partial charge in [-0.25, -0.2) is 0 Å². The summed E-state index contributed by atoms with van der Waals surface area (Å²) in [6, 6.07) is 6.76. The Balaban J connectivity index is 1.98. The lowest BCUT2D eigenvalue weighted by molar-refractivity contribution is 0.172. The molecule has 1 N–H and O–H groups in total. The molecule has 0 radical (unpaired) electrons. The molecule has 3 nitrogen and oxygen atoms in total. The molecule has 20 heavy (non-hydrogen) atoms. The van der Waals surface area contributed by atoms with Crippen molar-refractivity contribution in [2.24, 2.45) is 5.92 Å². The maximum atomic E-state index is 5.27. The first kappa shape index (κ1) is 15.2. The molecule has 1 aliphatic heterocycles. The number of likely N-dealkylation sites (tertiary alicyclic amines) is 1. The van der Waals surface area contributed by atoms with Crippen LogP contribution in [0, 0.1) is 12.8 Å². The van der Waals surface area contributed by atoms with E-state index in [1.54, 1.807) is 7.11 Å². The number of nitrogens with zero attached hydrogens (tertiary/aromatic N) is 1. The first-order valence-electron chi connectivity index (χ1n) is 7.77. The summed E-state index contributed by atoms with van der Waals surface area (Å²) in [5, 5.41) is 3.69. The van der Waals surface area contributed by atoms with Crippen LogP contribution in [0.15, 0.2) is 18.2 Å². The van der Waals surface area contributed by atoms with E-state index in [1.807, 2.05) is 6.07 Å². The van der Waals surface area contributed by atoms with Gasteiger partial charge in [-0.15, -0.1) is 0 Å². The summed E-state index contributed by atoms with van der Waals surface area (Å²) in [6.07, 6.45) is 2.66. The Labute approximate surface area is 123 Å². The maximum absolute atomic E-state index is 5.27. The Kier molecular flexibility index (Phi) is 5.30. The third kappa shape index (κ3) is 3.66. The molecule has 112 valence electrons. The van der Waals surface area contributed by atoms with E-state index < -0.39 is 0 Å². The van der Waals surface area contributed by atoms with Crippen molar-refractivity contribution in [2.75, 3.05) is 32.1 Å². The summed E-state index contributed by atoms with van der Waals surface area (Å²) in [6.45, 7) is 10.4. The van der Waals surface area contributed by atoms with Crippen LogP contribution in [0.1, 0.15) is 32.3 Å². The van der Waals surface area contributed by atoms with Crippen LogP contribution < -0.4 is 10.1 Å². The summed E-state index contributed by atoms with van der Waals surface area (Å²) >= 11 is 0. The van der Waals surface area contributed by atoms with Gasteiger partial charge in [-0.2, -0.15) is 0 Å². The molecule has 2 unspecified atom stereocenters. The smallest absolute Gasteiger partial charge is 0.119 e. The summed E-state index contributed by atoms with van der Waals surface area (Å²) in [5.74, 6) is 1.67. The van der Waals surface area contributed by atoms with Crippen molar-refractivity contribution in [3.8, 4) is 5.75 Å². The molecule has 1 saturated heterocycles. The maximum Gasteiger partial charge on any atom is 0.119 e. The normalized spacial score (nSPS) is 21.5. The molecule has 1 aromatic carbocycles. The topological polar surface area (TPSA) is 24.5 Å². The average Bonchev–Trinajstić information content (AvgIpc) is 2.49. The Morgan fingerprint density at radius 2 is 2.25 bits per heavy atom. The second-order valence-electron chi connectivity index (χ2n) is 5.91. The van der Waals surface area contributed by atoms with Crippen molar-refractivity contribution < 1.29 is 4.74 Å². The molecule has 1 fully saturated rings. The molecule has 2 rings (SSSR count). The van der Waals surface area contributed by atoms with Crippen LogP contribution in [0.2, 0.25) is 0 Å². The van der Waals surface area contributed by atoms with E-state index in [1.165, 1.54) is 43.7 Å². The van der Waals surface area contributed by atoms with Crippen LogP contribution in [-0.2, 0) is 0 Å². The minimum atomic E-state index is 0.511. The van der Waals surface area contributed by atoms with Gasteiger partial charge in [0.1, 0.15) is 5.75 Å². The van der Waals surface area contributed by atoms with Crippen LogP contribution >= 0.6 is 0 Å².